The van der Waals surface area contributed by atoms with Gasteiger partial charge >= 0.3 is 0 Å². The van der Waals surface area contributed by atoms with E-state index in [1.165, 1.54) is 36.8 Å². The van der Waals surface area contributed by atoms with Crippen LogP contribution in [0.2, 0.25) is 0 Å². The fraction of sp³-hybridized carbons (Fsp3) is 0.704. The molecule has 0 radical (unpaired) electrons. The molecule has 154 valence electrons. The fourth-order valence-electron chi connectivity index (χ4n) is 7.44. The van der Waals surface area contributed by atoms with Gasteiger partial charge < -0.3 is 5.11 Å². The number of allylic oxidation sites excluding steroid dienone is 7. The number of aliphatic hydroxyl groups excluding tert-OH is 1. The molecular formula is C27H40O. The minimum Gasteiger partial charge on any atom is -0.393 e. The molecule has 0 aliphatic heterocycles. The third kappa shape index (κ3) is 3.18. The van der Waals surface area contributed by atoms with Crippen LogP contribution in [0.1, 0.15) is 79.6 Å². The minimum absolute atomic E-state index is 0.118. The molecule has 0 aromatic carbocycles. The summed E-state index contributed by atoms with van der Waals surface area (Å²) in [6.07, 6.45) is 20.3. The number of hydrogen-bond donors (Lipinski definition) is 1. The summed E-state index contributed by atoms with van der Waals surface area (Å²) in [4.78, 5) is 0. The van der Waals surface area contributed by atoms with Crippen molar-refractivity contribution >= 4 is 0 Å². The van der Waals surface area contributed by atoms with Gasteiger partial charge in [-0.15, -0.1) is 0 Å². The van der Waals surface area contributed by atoms with Crippen molar-refractivity contribution in [1.82, 2.24) is 0 Å². The monoisotopic (exact) mass is 380 g/mol. The fourth-order valence-corrected chi connectivity index (χ4v) is 7.44. The van der Waals surface area contributed by atoms with Crippen molar-refractivity contribution in [3.8, 4) is 0 Å². The maximum atomic E-state index is 10.2. The van der Waals surface area contributed by atoms with Gasteiger partial charge in [0.1, 0.15) is 0 Å². The van der Waals surface area contributed by atoms with Crippen molar-refractivity contribution in [2.45, 2.75) is 85.7 Å². The molecule has 0 aromatic heterocycles. The van der Waals surface area contributed by atoms with Gasteiger partial charge in [0.15, 0.2) is 0 Å². The zero-order valence-corrected chi connectivity index (χ0v) is 18.7. The zero-order chi connectivity index (χ0) is 20.1. The summed E-state index contributed by atoms with van der Waals surface area (Å²) in [5, 5.41) is 10.2. The van der Waals surface area contributed by atoms with Crippen molar-refractivity contribution in [2.24, 2.45) is 34.5 Å². The molecule has 4 rings (SSSR count). The van der Waals surface area contributed by atoms with E-state index in [2.05, 4.69) is 65.0 Å². The Kier molecular flexibility index (Phi) is 5.28. The summed E-state index contributed by atoms with van der Waals surface area (Å²) in [5.74, 6) is 2.93. The zero-order valence-electron chi connectivity index (χ0n) is 18.7. The van der Waals surface area contributed by atoms with Crippen molar-refractivity contribution in [3.05, 3.63) is 47.1 Å². The molecule has 0 aromatic rings. The highest BCUT2D eigenvalue weighted by Gasteiger charge is 2.56. The van der Waals surface area contributed by atoms with E-state index in [1.54, 1.807) is 5.57 Å². The number of hydrogen-bond acceptors (Lipinski definition) is 1. The largest absolute Gasteiger partial charge is 0.393 e. The SMILES string of the molecule is CC(C)=CC=C[C@@H](C)[C@H]1CC[C@H]2C3=CC=C4CC(O)CC[C@]4(C)[C@H]3CC[C@]12C. The molecule has 1 nitrogen and oxygen atoms in total. The molecule has 0 saturated heterocycles. The molecule has 0 spiro atoms. The van der Waals surface area contributed by atoms with E-state index in [1.807, 2.05) is 0 Å². The Morgan fingerprint density at radius 3 is 2.61 bits per heavy atom. The average molecular weight is 381 g/mol. The van der Waals surface area contributed by atoms with Gasteiger partial charge in [0, 0.05) is 0 Å². The normalized spacial score (nSPS) is 43.5. The second-order valence-electron chi connectivity index (χ2n) is 11.0. The molecule has 7 atom stereocenters. The van der Waals surface area contributed by atoms with E-state index in [-0.39, 0.29) is 6.10 Å². The summed E-state index contributed by atoms with van der Waals surface area (Å²) in [6.45, 7) is 11.9. The molecule has 28 heavy (non-hydrogen) atoms. The maximum absolute atomic E-state index is 10.2. The van der Waals surface area contributed by atoms with E-state index in [0.29, 0.717) is 22.7 Å². The first kappa shape index (κ1) is 20.2. The van der Waals surface area contributed by atoms with Gasteiger partial charge in [0.2, 0.25) is 0 Å². The molecule has 4 aliphatic carbocycles. The summed E-state index contributed by atoms with van der Waals surface area (Å²) < 4.78 is 0. The molecule has 0 bridgehead atoms. The molecular weight excluding hydrogens is 340 g/mol. The molecule has 1 heteroatoms. The minimum atomic E-state index is -0.118. The van der Waals surface area contributed by atoms with Gasteiger partial charge in [-0.2, -0.15) is 0 Å². The maximum Gasteiger partial charge on any atom is 0.0578 e. The molecule has 1 unspecified atom stereocenters. The van der Waals surface area contributed by atoms with E-state index in [9.17, 15) is 5.11 Å². The van der Waals surface area contributed by atoms with E-state index < -0.39 is 0 Å². The number of rotatable bonds is 3. The quantitative estimate of drug-likeness (QED) is 0.522. The first-order valence-electron chi connectivity index (χ1n) is 11.7. The van der Waals surface area contributed by atoms with Gasteiger partial charge in [-0.3, -0.25) is 0 Å². The van der Waals surface area contributed by atoms with Crippen LogP contribution in [0.4, 0.5) is 0 Å². The van der Waals surface area contributed by atoms with Gasteiger partial charge in [0.05, 0.1) is 6.10 Å². The molecule has 1 N–H and O–H groups in total. The van der Waals surface area contributed by atoms with Gasteiger partial charge in [-0.1, -0.05) is 67.9 Å². The lowest BCUT2D eigenvalue weighted by molar-refractivity contribution is 0.0383. The van der Waals surface area contributed by atoms with Crippen molar-refractivity contribution in [1.29, 1.82) is 0 Å². The van der Waals surface area contributed by atoms with Crippen LogP contribution in [0.3, 0.4) is 0 Å². The van der Waals surface area contributed by atoms with Crippen molar-refractivity contribution < 1.29 is 5.11 Å². The van der Waals surface area contributed by atoms with Crippen LogP contribution < -0.4 is 0 Å². The average Bonchev–Trinajstić information content (AvgIpc) is 2.99. The topological polar surface area (TPSA) is 20.2 Å². The second kappa shape index (κ2) is 7.31. The highest BCUT2D eigenvalue weighted by molar-refractivity contribution is 5.39. The smallest absolute Gasteiger partial charge is 0.0578 e. The Hall–Kier alpha value is -1.08. The van der Waals surface area contributed by atoms with Crippen LogP contribution in [0, 0.1) is 34.5 Å². The second-order valence-corrected chi connectivity index (χ2v) is 11.0. The van der Waals surface area contributed by atoms with Crippen LogP contribution in [0.15, 0.2) is 47.1 Å². The summed E-state index contributed by atoms with van der Waals surface area (Å²) >= 11 is 0. The van der Waals surface area contributed by atoms with E-state index >= 15 is 0 Å². The van der Waals surface area contributed by atoms with Crippen LogP contribution in [0.5, 0.6) is 0 Å². The number of fused-ring (bicyclic) bond motifs is 5. The summed E-state index contributed by atoms with van der Waals surface area (Å²) in [5.41, 5.74) is 5.42. The van der Waals surface area contributed by atoms with Crippen LogP contribution >= 0.6 is 0 Å². The lowest BCUT2D eigenvalue weighted by Gasteiger charge is -2.55. The van der Waals surface area contributed by atoms with Crippen molar-refractivity contribution in [2.75, 3.05) is 0 Å². The molecule has 3 saturated carbocycles. The predicted molar refractivity (Wildman–Crippen MR) is 119 cm³/mol. The lowest BCUT2D eigenvalue weighted by atomic mass is 9.50. The summed E-state index contributed by atoms with van der Waals surface area (Å²) in [7, 11) is 0. The van der Waals surface area contributed by atoms with Crippen molar-refractivity contribution in [3.63, 3.8) is 0 Å². The molecule has 0 amide bonds. The Labute approximate surface area is 172 Å². The Balaban J connectivity index is 1.59. The lowest BCUT2D eigenvalue weighted by Crippen LogP contribution is -2.46. The van der Waals surface area contributed by atoms with Gasteiger partial charge in [0.25, 0.3) is 0 Å². The predicted octanol–water partition coefficient (Wildman–Crippen LogP) is 7.00. The van der Waals surface area contributed by atoms with E-state index in [4.69, 9.17) is 0 Å². The highest BCUT2D eigenvalue weighted by Crippen LogP contribution is 2.65. The first-order valence-corrected chi connectivity index (χ1v) is 11.7. The molecule has 4 aliphatic rings. The highest BCUT2D eigenvalue weighted by atomic mass is 16.3. The standard InChI is InChI=1S/C27H40O/c1-18(2)7-6-8-19(3)23-11-12-24-22-10-9-20-17-21(28)13-15-26(20,4)25(22)14-16-27(23,24)5/h6-10,19,21,23-25,28H,11-17H2,1-5H3/t19-,21?,23-,24+,25+,26+,27-/m1/s1. The number of aliphatic hydroxyl groups is 1. The van der Waals surface area contributed by atoms with Crippen LogP contribution in [-0.4, -0.2) is 11.2 Å². The third-order valence-electron chi connectivity index (χ3n) is 9.10. The molecule has 3 fully saturated rings. The Bertz CT molecular complexity index is 733. The van der Waals surface area contributed by atoms with Gasteiger partial charge in [-0.05, 0) is 93.3 Å². The van der Waals surface area contributed by atoms with Crippen LogP contribution in [0.25, 0.3) is 0 Å². The summed E-state index contributed by atoms with van der Waals surface area (Å²) in [6, 6.07) is 0. The van der Waals surface area contributed by atoms with E-state index in [0.717, 1.165) is 31.1 Å². The third-order valence-corrected chi connectivity index (χ3v) is 9.10. The molecule has 0 heterocycles. The first-order chi connectivity index (χ1) is 13.3. The Morgan fingerprint density at radius 2 is 1.86 bits per heavy atom. The van der Waals surface area contributed by atoms with Gasteiger partial charge in [-0.25, -0.2) is 0 Å². The Morgan fingerprint density at radius 1 is 1.07 bits per heavy atom. The van der Waals surface area contributed by atoms with Crippen LogP contribution in [-0.2, 0) is 0 Å².